The second-order valence-electron chi connectivity index (χ2n) is 5.78. The van der Waals surface area contributed by atoms with Crippen LogP contribution in [0, 0.1) is 0 Å². The van der Waals surface area contributed by atoms with Crippen LogP contribution in [0.2, 0.25) is 0 Å². The molecule has 0 spiro atoms. The van der Waals surface area contributed by atoms with Gasteiger partial charge in [-0.3, -0.25) is 9.48 Å². The molecule has 3 rings (SSSR count). The minimum absolute atomic E-state index is 0.186. The molecule has 1 heterocycles. The van der Waals surface area contributed by atoms with Gasteiger partial charge >= 0.3 is 0 Å². The van der Waals surface area contributed by atoms with E-state index in [9.17, 15) is 4.79 Å². The zero-order valence-corrected chi connectivity index (χ0v) is 14.8. The van der Waals surface area contributed by atoms with Gasteiger partial charge in [0.25, 0.3) is 5.91 Å². The predicted octanol–water partition coefficient (Wildman–Crippen LogP) is 3.61. The summed E-state index contributed by atoms with van der Waals surface area (Å²) in [6.45, 7) is 2.44. The average Bonchev–Trinajstić information content (AvgIpc) is 3.07. The number of aryl methyl sites for hydroxylation is 1. The molecular weight excluding hydrogens is 328 g/mol. The Balaban J connectivity index is 1.85. The quantitative estimate of drug-likeness (QED) is 0.683. The molecule has 0 radical (unpaired) electrons. The van der Waals surface area contributed by atoms with Crippen molar-refractivity contribution in [2.45, 2.75) is 13.0 Å². The van der Waals surface area contributed by atoms with Crippen molar-refractivity contribution in [2.75, 3.05) is 17.2 Å². The van der Waals surface area contributed by atoms with E-state index < -0.39 is 6.04 Å². The maximum atomic E-state index is 13.0. The largest absolute Gasteiger partial charge is 0.492 e. The summed E-state index contributed by atoms with van der Waals surface area (Å²) in [5, 5.41) is 10.5. The number of benzene rings is 2. The fraction of sp³-hybridized carbons (Fsp3) is 0.200. The molecule has 0 bridgehead atoms. The number of amides is 1. The third kappa shape index (κ3) is 4.22. The van der Waals surface area contributed by atoms with Crippen LogP contribution in [0.25, 0.3) is 0 Å². The highest BCUT2D eigenvalue weighted by atomic mass is 16.5. The zero-order valence-electron chi connectivity index (χ0n) is 14.8. The van der Waals surface area contributed by atoms with Gasteiger partial charge in [0.15, 0.2) is 0 Å². The van der Waals surface area contributed by atoms with Crippen LogP contribution in [0.4, 0.5) is 11.5 Å². The standard InChI is InChI=1S/C20H22N4O2/c1-3-26-17-12-8-7-11-16(17)21-20(25)19(15-9-5-4-6-10-15)22-18-13-14-24(2)23-18/h4-14,19H,3H2,1-2H3,(H,21,25)(H,22,23)/t19-/m0/s1. The molecule has 1 amide bonds. The van der Waals surface area contributed by atoms with Gasteiger partial charge in [0, 0.05) is 19.3 Å². The number of para-hydroxylation sites is 2. The highest BCUT2D eigenvalue weighted by Gasteiger charge is 2.22. The highest BCUT2D eigenvalue weighted by molar-refractivity contribution is 5.98. The lowest BCUT2D eigenvalue weighted by Gasteiger charge is -2.19. The molecule has 2 aromatic carbocycles. The van der Waals surface area contributed by atoms with Crippen LogP contribution >= 0.6 is 0 Å². The monoisotopic (exact) mass is 350 g/mol. The number of anilines is 2. The van der Waals surface area contributed by atoms with Gasteiger partial charge in [-0.2, -0.15) is 5.10 Å². The molecule has 3 aromatic rings. The molecule has 0 aliphatic heterocycles. The van der Waals surface area contributed by atoms with Gasteiger partial charge in [-0.05, 0) is 24.6 Å². The number of carbonyl (C=O) groups is 1. The van der Waals surface area contributed by atoms with Crippen LogP contribution in [-0.2, 0) is 11.8 Å². The van der Waals surface area contributed by atoms with E-state index in [2.05, 4.69) is 15.7 Å². The van der Waals surface area contributed by atoms with E-state index in [1.165, 1.54) is 0 Å². The van der Waals surface area contributed by atoms with Crippen LogP contribution in [0.15, 0.2) is 66.9 Å². The molecule has 0 aliphatic rings. The highest BCUT2D eigenvalue weighted by Crippen LogP contribution is 2.26. The summed E-state index contributed by atoms with van der Waals surface area (Å²) in [6.07, 6.45) is 1.83. The molecule has 0 unspecified atom stereocenters. The van der Waals surface area contributed by atoms with Crippen LogP contribution in [0.5, 0.6) is 5.75 Å². The predicted molar refractivity (Wildman–Crippen MR) is 102 cm³/mol. The smallest absolute Gasteiger partial charge is 0.251 e. The van der Waals surface area contributed by atoms with Crippen molar-refractivity contribution in [1.82, 2.24) is 9.78 Å². The fourth-order valence-corrected chi connectivity index (χ4v) is 2.64. The zero-order chi connectivity index (χ0) is 18.4. The Morgan fingerprint density at radius 1 is 1.12 bits per heavy atom. The van der Waals surface area contributed by atoms with Crippen molar-refractivity contribution >= 4 is 17.4 Å². The minimum Gasteiger partial charge on any atom is -0.492 e. The minimum atomic E-state index is -0.583. The van der Waals surface area contributed by atoms with E-state index in [1.54, 1.807) is 4.68 Å². The van der Waals surface area contributed by atoms with Crippen molar-refractivity contribution in [1.29, 1.82) is 0 Å². The van der Waals surface area contributed by atoms with E-state index >= 15 is 0 Å². The van der Waals surface area contributed by atoms with Crippen LogP contribution in [-0.4, -0.2) is 22.3 Å². The van der Waals surface area contributed by atoms with Crippen LogP contribution in [0.1, 0.15) is 18.5 Å². The first-order chi connectivity index (χ1) is 12.7. The van der Waals surface area contributed by atoms with Crippen molar-refractivity contribution < 1.29 is 9.53 Å². The molecule has 0 aliphatic carbocycles. The van der Waals surface area contributed by atoms with Gasteiger partial charge in [0.1, 0.15) is 17.6 Å². The Morgan fingerprint density at radius 3 is 2.54 bits per heavy atom. The molecule has 0 saturated carbocycles. The fourth-order valence-electron chi connectivity index (χ4n) is 2.64. The molecule has 26 heavy (non-hydrogen) atoms. The third-order valence-electron chi connectivity index (χ3n) is 3.85. The second kappa shape index (κ2) is 8.20. The maximum absolute atomic E-state index is 13.0. The van der Waals surface area contributed by atoms with Gasteiger partial charge in [0.05, 0.1) is 12.3 Å². The summed E-state index contributed by atoms with van der Waals surface area (Å²) < 4.78 is 7.28. The molecule has 6 nitrogen and oxygen atoms in total. The Bertz CT molecular complexity index is 861. The van der Waals surface area contributed by atoms with Gasteiger partial charge in [-0.1, -0.05) is 42.5 Å². The SMILES string of the molecule is CCOc1ccccc1NC(=O)[C@@H](Nc1ccn(C)n1)c1ccccc1. The number of carbonyl (C=O) groups excluding carboxylic acids is 1. The summed E-state index contributed by atoms with van der Waals surface area (Å²) in [4.78, 5) is 13.0. The number of nitrogens with one attached hydrogen (secondary N) is 2. The van der Waals surface area contributed by atoms with E-state index in [4.69, 9.17) is 4.74 Å². The van der Waals surface area contributed by atoms with Crippen molar-refractivity contribution in [3.8, 4) is 5.75 Å². The van der Waals surface area contributed by atoms with Crippen LogP contribution in [0.3, 0.4) is 0 Å². The third-order valence-corrected chi connectivity index (χ3v) is 3.85. The molecule has 0 fully saturated rings. The Labute approximate surface area is 152 Å². The second-order valence-corrected chi connectivity index (χ2v) is 5.78. The number of ether oxygens (including phenoxy) is 1. The summed E-state index contributed by atoms with van der Waals surface area (Å²) in [7, 11) is 1.83. The van der Waals surface area contributed by atoms with Crippen molar-refractivity contribution in [2.24, 2.45) is 7.05 Å². The molecule has 6 heteroatoms. The first-order valence-electron chi connectivity index (χ1n) is 8.51. The summed E-state index contributed by atoms with van der Waals surface area (Å²) >= 11 is 0. The van der Waals surface area contributed by atoms with Gasteiger partial charge < -0.3 is 15.4 Å². The van der Waals surface area contributed by atoms with Gasteiger partial charge in [0.2, 0.25) is 0 Å². The summed E-state index contributed by atoms with van der Waals surface area (Å²) in [5.74, 6) is 1.09. The summed E-state index contributed by atoms with van der Waals surface area (Å²) in [5.41, 5.74) is 1.49. The molecule has 134 valence electrons. The molecular formula is C20H22N4O2. The molecule has 1 atom stereocenters. The number of rotatable bonds is 7. The van der Waals surface area contributed by atoms with E-state index in [0.29, 0.717) is 23.9 Å². The lowest BCUT2D eigenvalue weighted by Crippen LogP contribution is -2.27. The first-order valence-corrected chi connectivity index (χ1v) is 8.51. The number of nitrogens with zero attached hydrogens (tertiary/aromatic N) is 2. The topological polar surface area (TPSA) is 68.2 Å². The van der Waals surface area contributed by atoms with E-state index in [0.717, 1.165) is 5.56 Å². The summed E-state index contributed by atoms with van der Waals surface area (Å²) in [6, 6.07) is 18.2. The molecule has 0 saturated heterocycles. The number of hydrogen-bond acceptors (Lipinski definition) is 4. The van der Waals surface area contributed by atoms with Gasteiger partial charge in [-0.15, -0.1) is 0 Å². The molecule has 1 aromatic heterocycles. The normalized spacial score (nSPS) is 11.6. The lowest BCUT2D eigenvalue weighted by atomic mass is 10.1. The Hall–Kier alpha value is -3.28. The first kappa shape index (κ1) is 17.5. The van der Waals surface area contributed by atoms with Crippen LogP contribution < -0.4 is 15.4 Å². The molecule has 2 N–H and O–H groups in total. The number of aromatic nitrogens is 2. The van der Waals surface area contributed by atoms with E-state index in [1.807, 2.05) is 80.8 Å². The average molecular weight is 350 g/mol. The van der Waals surface area contributed by atoms with Crippen molar-refractivity contribution in [3.63, 3.8) is 0 Å². The number of hydrogen-bond donors (Lipinski definition) is 2. The van der Waals surface area contributed by atoms with Crippen molar-refractivity contribution in [3.05, 3.63) is 72.4 Å². The van der Waals surface area contributed by atoms with Gasteiger partial charge in [-0.25, -0.2) is 0 Å². The maximum Gasteiger partial charge on any atom is 0.251 e. The lowest BCUT2D eigenvalue weighted by molar-refractivity contribution is -0.117. The Morgan fingerprint density at radius 2 is 1.85 bits per heavy atom. The Kier molecular flexibility index (Phi) is 5.53. The van der Waals surface area contributed by atoms with E-state index in [-0.39, 0.29) is 5.91 Å².